The Balaban J connectivity index is 1.71. The lowest BCUT2D eigenvalue weighted by Crippen LogP contribution is -2.53. The molecule has 88 valence electrons. The van der Waals surface area contributed by atoms with E-state index in [-0.39, 0.29) is 12.8 Å². The minimum atomic E-state index is -0.223. The van der Waals surface area contributed by atoms with Crippen LogP contribution in [0.2, 0.25) is 0 Å². The third-order valence-corrected chi connectivity index (χ3v) is 3.37. The summed E-state index contributed by atoms with van der Waals surface area (Å²) < 4.78 is 18.9. The Morgan fingerprint density at radius 3 is 2.62 bits per heavy atom. The van der Waals surface area contributed by atoms with E-state index in [1.54, 1.807) is 0 Å². The topological polar surface area (TPSA) is 12.5 Å². The Morgan fingerprint density at radius 2 is 2.00 bits per heavy atom. The Labute approximate surface area is 109 Å². The molecule has 1 fully saturated rings. The van der Waals surface area contributed by atoms with Crippen molar-refractivity contribution < 1.29 is 9.13 Å². The summed E-state index contributed by atoms with van der Waals surface area (Å²) in [5, 5.41) is 0. The van der Waals surface area contributed by atoms with Gasteiger partial charge < -0.3 is 4.74 Å². The van der Waals surface area contributed by atoms with Crippen molar-refractivity contribution in [1.82, 2.24) is 4.90 Å². The molecule has 0 aromatic heterocycles. The zero-order valence-corrected chi connectivity index (χ0v) is 11.2. The van der Waals surface area contributed by atoms with Crippen molar-refractivity contribution in [2.45, 2.75) is 12.5 Å². The molecule has 0 aliphatic carbocycles. The molecule has 1 aromatic carbocycles. The highest BCUT2D eigenvalue weighted by Gasteiger charge is 2.27. The molecule has 1 aliphatic heterocycles. The number of likely N-dealkylation sites (tertiary alicyclic amines) is 1. The number of hydrogen-bond donors (Lipinski definition) is 0. The second-order valence-corrected chi connectivity index (χ2v) is 5.24. The summed E-state index contributed by atoms with van der Waals surface area (Å²) >= 11 is 2.27. The molecule has 16 heavy (non-hydrogen) atoms. The molecular weight excluding hydrogens is 320 g/mol. The summed E-state index contributed by atoms with van der Waals surface area (Å²) in [5.74, 6) is 0.926. The van der Waals surface area contributed by atoms with Gasteiger partial charge in [-0.15, -0.1) is 0 Å². The van der Waals surface area contributed by atoms with Crippen molar-refractivity contribution in [2.24, 2.45) is 0 Å². The smallest absolute Gasteiger partial charge is 0.124 e. The molecular formula is C12H15FINO. The van der Waals surface area contributed by atoms with E-state index in [1.807, 2.05) is 24.3 Å². The van der Waals surface area contributed by atoms with Crippen LogP contribution < -0.4 is 4.74 Å². The summed E-state index contributed by atoms with van der Waals surface area (Å²) in [7, 11) is 0. The number of halogens is 2. The van der Waals surface area contributed by atoms with Gasteiger partial charge in [0.05, 0.1) is 6.67 Å². The van der Waals surface area contributed by atoms with E-state index in [4.69, 9.17) is 4.74 Å². The van der Waals surface area contributed by atoms with Crippen molar-refractivity contribution in [1.29, 1.82) is 0 Å². The van der Waals surface area contributed by atoms with E-state index in [2.05, 4.69) is 27.5 Å². The van der Waals surface area contributed by atoms with Gasteiger partial charge in [0.25, 0.3) is 0 Å². The van der Waals surface area contributed by atoms with Crippen LogP contribution in [0.15, 0.2) is 24.3 Å². The van der Waals surface area contributed by atoms with Gasteiger partial charge in [-0.3, -0.25) is 9.29 Å². The van der Waals surface area contributed by atoms with Crippen LogP contribution in [0.1, 0.15) is 6.42 Å². The summed E-state index contributed by atoms with van der Waals surface area (Å²) in [6.45, 7) is 2.47. The third kappa shape index (κ3) is 3.31. The van der Waals surface area contributed by atoms with E-state index in [0.717, 1.165) is 25.4 Å². The van der Waals surface area contributed by atoms with Crippen molar-refractivity contribution >= 4 is 22.6 Å². The van der Waals surface area contributed by atoms with Gasteiger partial charge in [0.15, 0.2) is 0 Å². The molecule has 0 N–H and O–H groups in total. The molecule has 0 atom stereocenters. The number of benzene rings is 1. The molecule has 1 heterocycles. The lowest BCUT2D eigenvalue weighted by molar-refractivity contribution is 0.0184. The number of ether oxygens (including phenoxy) is 1. The zero-order chi connectivity index (χ0) is 11.4. The maximum absolute atomic E-state index is 11.9. The first-order chi connectivity index (χ1) is 7.78. The monoisotopic (exact) mass is 335 g/mol. The quantitative estimate of drug-likeness (QED) is 0.768. The lowest BCUT2D eigenvalue weighted by atomic mass is 10.1. The van der Waals surface area contributed by atoms with Crippen LogP contribution in [0.4, 0.5) is 4.39 Å². The molecule has 1 aromatic rings. The average Bonchev–Trinajstić information content (AvgIpc) is 2.24. The second kappa shape index (κ2) is 5.82. The summed E-state index contributed by atoms with van der Waals surface area (Å²) in [6, 6.07) is 8.06. The van der Waals surface area contributed by atoms with Crippen LogP contribution in [-0.4, -0.2) is 37.3 Å². The number of alkyl halides is 1. The van der Waals surface area contributed by atoms with Gasteiger partial charge in [-0.2, -0.15) is 0 Å². The molecule has 2 rings (SSSR count). The predicted octanol–water partition coefficient (Wildman–Crippen LogP) is 2.71. The normalized spacial score (nSPS) is 17.1. The van der Waals surface area contributed by atoms with Gasteiger partial charge in [-0.1, -0.05) is 0 Å². The van der Waals surface area contributed by atoms with Crippen molar-refractivity contribution in [3.05, 3.63) is 27.8 Å². The lowest BCUT2D eigenvalue weighted by Gasteiger charge is -2.38. The van der Waals surface area contributed by atoms with E-state index < -0.39 is 0 Å². The van der Waals surface area contributed by atoms with Gasteiger partial charge in [-0.25, -0.2) is 0 Å². The Hall–Kier alpha value is -0.360. The van der Waals surface area contributed by atoms with Crippen molar-refractivity contribution in [3.8, 4) is 5.75 Å². The highest BCUT2D eigenvalue weighted by Crippen LogP contribution is 2.19. The van der Waals surface area contributed by atoms with Crippen LogP contribution >= 0.6 is 22.6 Å². The fourth-order valence-electron chi connectivity index (χ4n) is 1.77. The average molecular weight is 335 g/mol. The van der Waals surface area contributed by atoms with E-state index >= 15 is 0 Å². The molecule has 1 saturated heterocycles. The van der Waals surface area contributed by atoms with Crippen LogP contribution in [0.3, 0.4) is 0 Å². The molecule has 0 radical (unpaired) electrons. The van der Waals surface area contributed by atoms with Gasteiger partial charge in [0.1, 0.15) is 11.9 Å². The van der Waals surface area contributed by atoms with E-state index in [1.165, 1.54) is 3.57 Å². The number of hydrogen-bond acceptors (Lipinski definition) is 2. The predicted molar refractivity (Wildman–Crippen MR) is 70.6 cm³/mol. The molecule has 0 amide bonds. The minimum Gasteiger partial charge on any atom is -0.488 e. The highest BCUT2D eigenvalue weighted by atomic mass is 127. The minimum absolute atomic E-state index is 0.223. The Bertz CT molecular complexity index is 324. The van der Waals surface area contributed by atoms with E-state index in [0.29, 0.717) is 6.42 Å². The molecule has 1 aliphatic rings. The van der Waals surface area contributed by atoms with E-state index in [9.17, 15) is 4.39 Å². The standard InChI is InChI=1S/C12H15FINO/c13-6-1-7-15-8-12(9-15)16-11-4-2-10(14)3-5-11/h2-5,12H,1,6-9H2. The first-order valence-electron chi connectivity index (χ1n) is 5.48. The highest BCUT2D eigenvalue weighted by molar-refractivity contribution is 14.1. The molecule has 0 spiro atoms. The zero-order valence-electron chi connectivity index (χ0n) is 9.03. The van der Waals surface area contributed by atoms with Crippen LogP contribution in [-0.2, 0) is 0 Å². The Kier molecular flexibility index (Phi) is 4.40. The SMILES string of the molecule is FCCCN1CC(Oc2ccc(I)cc2)C1. The fourth-order valence-corrected chi connectivity index (χ4v) is 2.13. The third-order valence-electron chi connectivity index (χ3n) is 2.65. The number of nitrogens with zero attached hydrogens (tertiary/aromatic N) is 1. The van der Waals surface area contributed by atoms with Crippen molar-refractivity contribution in [2.75, 3.05) is 26.3 Å². The molecule has 0 saturated carbocycles. The molecule has 4 heteroatoms. The van der Waals surface area contributed by atoms with Crippen LogP contribution in [0, 0.1) is 3.57 Å². The first kappa shape index (κ1) is 12.1. The fraction of sp³-hybridized carbons (Fsp3) is 0.500. The van der Waals surface area contributed by atoms with Crippen LogP contribution in [0.5, 0.6) is 5.75 Å². The summed E-state index contributed by atoms with van der Waals surface area (Å²) in [6.07, 6.45) is 0.913. The van der Waals surface area contributed by atoms with Gasteiger partial charge in [-0.05, 0) is 53.3 Å². The van der Waals surface area contributed by atoms with Crippen LogP contribution in [0.25, 0.3) is 0 Å². The van der Waals surface area contributed by atoms with Gasteiger partial charge in [0, 0.05) is 23.2 Å². The molecule has 0 unspecified atom stereocenters. The van der Waals surface area contributed by atoms with Crippen molar-refractivity contribution in [3.63, 3.8) is 0 Å². The second-order valence-electron chi connectivity index (χ2n) is 4.00. The molecule has 0 bridgehead atoms. The number of rotatable bonds is 5. The maximum atomic E-state index is 11.9. The summed E-state index contributed by atoms with van der Waals surface area (Å²) in [4.78, 5) is 2.22. The largest absolute Gasteiger partial charge is 0.488 e. The molecule has 2 nitrogen and oxygen atoms in total. The van der Waals surface area contributed by atoms with Gasteiger partial charge in [0.2, 0.25) is 0 Å². The maximum Gasteiger partial charge on any atom is 0.124 e. The summed E-state index contributed by atoms with van der Waals surface area (Å²) in [5.41, 5.74) is 0. The van der Waals surface area contributed by atoms with Gasteiger partial charge >= 0.3 is 0 Å². The first-order valence-corrected chi connectivity index (χ1v) is 6.56. The Morgan fingerprint density at radius 1 is 1.31 bits per heavy atom.